The van der Waals surface area contributed by atoms with Crippen LogP contribution in [0.1, 0.15) is 29.3 Å². The summed E-state index contributed by atoms with van der Waals surface area (Å²) in [6, 6.07) is 5.91. The van der Waals surface area contributed by atoms with Crippen LogP contribution in [-0.4, -0.2) is 67.1 Å². The Bertz CT molecular complexity index is 933. The number of thioether (sulfide) groups is 1. The SMILES string of the molecule is CC1(N2CCN(CCCOc3ccc4c(c3)C(=O)NCC4)CC2)C=CC=C2SC=CC21. The van der Waals surface area contributed by atoms with Crippen LogP contribution in [0, 0.1) is 5.92 Å². The van der Waals surface area contributed by atoms with Gasteiger partial charge in [0, 0.05) is 56.3 Å². The molecule has 1 N–H and O–H groups in total. The highest BCUT2D eigenvalue weighted by molar-refractivity contribution is 8.06. The number of benzene rings is 1. The summed E-state index contributed by atoms with van der Waals surface area (Å²) in [6.45, 7) is 9.25. The number of nitrogens with zero attached hydrogens (tertiary/aromatic N) is 2. The monoisotopic (exact) mass is 437 g/mol. The van der Waals surface area contributed by atoms with E-state index >= 15 is 0 Å². The van der Waals surface area contributed by atoms with Crippen LogP contribution < -0.4 is 10.1 Å². The van der Waals surface area contributed by atoms with Crippen molar-refractivity contribution >= 4 is 17.7 Å². The molecule has 3 aliphatic heterocycles. The van der Waals surface area contributed by atoms with Gasteiger partial charge in [0.25, 0.3) is 5.91 Å². The van der Waals surface area contributed by atoms with Gasteiger partial charge in [-0.25, -0.2) is 0 Å². The molecule has 31 heavy (non-hydrogen) atoms. The lowest BCUT2D eigenvalue weighted by Gasteiger charge is -2.48. The third-order valence-electron chi connectivity index (χ3n) is 7.05. The highest BCUT2D eigenvalue weighted by Crippen LogP contribution is 2.45. The van der Waals surface area contributed by atoms with E-state index in [-0.39, 0.29) is 11.4 Å². The number of hydrogen-bond donors (Lipinski definition) is 1. The molecule has 0 spiro atoms. The molecule has 4 aliphatic rings. The van der Waals surface area contributed by atoms with Crippen LogP contribution in [0.3, 0.4) is 0 Å². The number of rotatable bonds is 6. The smallest absolute Gasteiger partial charge is 0.251 e. The van der Waals surface area contributed by atoms with Crippen LogP contribution in [0.15, 0.2) is 52.8 Å². The second-order valence-electron chi connectivity index (χ2n) is 8.93. The quantitative estimate of drug-likeness (QED) is 0.691. The van der Waals surface area contributed by atoms with Crippen molar-refractivity contribution in [1.82, 2.24) is 15.1 Å². The number of fused-ring (bicyclic) bond motifs is 2. The van der Waals surface area contributed by atoms with Crippen LogP contribution in [-0.2, 0) is 6.42 Å². The summed E-state index contributed by atoms with van der Waals surface area (Å²) in [4.78, 5) is 18.7. The Morgan fingerprint density at radius 1 is 1.26 bits per heavy atom. The second kappa shape index (κ2) is 8.85. The average Bonchev–Trinajstić information content (AvgIpc) is 3.28. The second-order valence-corrected chi connectivity index (χ2v) is 9.91. The fourth-order valence-electron chi connectivity index (χ4n) is 5.15. The first-order chi connectivity index (χ1) is 15.1. The molecule has 164 valence electrons. The van der Waals surface area contributed by atoms with Gasteiger partial charge >= 0.3 is 0 Å². The third kappa shape index (κ3) is 4.21. The van der Waals surface area contributed by atoms with Crippen LogP contribution in [0.2, 0.25) is 0 Å². The van der Waals surface area contributed by atoms with E-state index in [1.165, 1.54) is 4.91 Å². The van der Waals surface area contributed by atoms with E-state index in [2.05, 4.69) is 51.8 Å². The maximum Gasteiger partial charge on any atom is 0.251 e. The minimum atomic E-state index is 0.0142. The van der Waals surface area contributed by atoms with Gasteiger partial charge in [0.15, 0.2) is 0 Å². The summed E-state index contributed by atoms with van der Waals surface area (Å²) < 4.78 is 5.95. The van der Waals surface area contributed by atoms with E-state index in [0.717, 1.165) is 69.0 Å². The molecule has 1 amide bonds. The number of allylic oxidation sites excluding steroid dienone is 2. The van der Waals surface area contributed by atoms with Gasteiger partial charge in [-0.15, -0.1) is 11.8 Å². The molecule has 1 aliphatic carbocycles. The van der Waals surface area contributed by atoms with E-state index in [9.17, 15) is 4.79 Å². The zero-order valence-electron chi connectivity index (χ0n) is 18.2. The van der Waals surface area contributed by atoms with Crippen LogP contribution in [0.5, 0.6) is 5.75 Å². The zero-order chi connectivity index (χ0) is 21.3. The van der Waals surface area contributed by atoms with Crippen LogP contribution in [0.4, 0.5) is 0 Å². The third-order valence-corrected chi connectivity index (χ3v) is 8.01. The predicted octanol–water partition coefficient (Wildman–Crippen LogP) is 3.45. The van der Waals surface area contributed by atoms with E-state index in [1.807, 2.05) is 30.0 Å². The number of nitrogens with one attached hydrogen (secondary N) is 1. The molecule has 5 rings (SSSR count). The lowest BCUT2D eigenvalue weighted by molar-refractivity contribution is 0.0519. The first-order valence-electron chi connectivity index (χ1n) is 11.4. The molecule has 3 heterocycles. The van der Waals surface area contributed by atoms with Gasteiger partial charge < -0.3 is 15.0 Å². The van der Waals surface area contributed by atoms with Gasteiger partial charge in [-0.3, -0.25) is 9.69 Å². The number of piperazine rings is 1. The summed E-state index contributed by atoms with van der Waals surface area (Å²) in [5.74, 6) is 1.31. The summed E-state index contributed by atoms with van der Waals surface area (Å²) in [5.41, 5.74) is 1.97. The van der Waals surface area contributed by atoms with E-state index in [0.29, 0.717) is 12.5 Å². The molecule has 0 aromatic heterocycles. The Labute approximate surface area is 189 Å². The van der Waals surface area contributed by atoms with Crippen molar-refractivity contribution in [2.75, 3.05) is 45.9 Å². The molecule has 1 saturated heterocycles. The number of carbonyl (C=O) groups is 1. The Balaban J connectivity index is 1.07. The lowest BCUT2D eigenvalue weighted by atomic mass is 9.80. The molecule has 0 radical (unpaired) electrons. The molecule has 2 unspecified atom stereocenters. The van der Waals surface area contributed by atoms with E-state index in [4.69, 9.17) is 4.74 Å². The Kier molecular flexibility index (Phi) is 5.95. The maximum absolute atomic E-state index is 12.0. The van der Waals surface area contributed by atoms with Crippen molar-refractivity contribution in [3.05, 3.63) is 63.9 Å². The number of hydrogen-bond acceptors (Lipinski definition) is 5. The van der Waals surface area contributed by atoms with Crippen molar-refractivity contribution in [2.45, 2.75) is 25.3 Å². The topological polar surface area (TPSA) is 44.8 Å². The summed E-state index contributed by atoms with van der Waals surface area (Å²) in [6.07, 6.45) is 11.2. The maximum atomic E-state index is 12.0. The van der Waals surface area contributed by atoms with E-state index in [1.54, 1.807) is 0 Å². The minimum Gasteiger partial charge on any atom is -0.494 e. The fourth-order valence-corrected chi connectivity index (χ4v) is 6.16. The molecule has 1 aromatic rings. The molecular formula is C25H31N3O2S. The molecule has 6 heteroatoms. The van der Waals surface area contributed by atoms with Gasteiger partial charge in [0.2, 0.25) is 0 Å². The highest BCUT2D eigenvalue weighted by atomic mass is 32.2. The Morgan fingerprint density at radius 3 is 3.00 bits per heavy atom. The number of ether oxygens (including phenoxy) is 1. The first-order valence-corrected chi connectivity index (χ1v) is 12.3. The van der Waals surface area contributed by atoms with Gasteiger partial charge in [-0.05, 0) is 47.8 Å². The van der Waals surface area contributed by atoms with Crippen molar-refractivity contribution in [1.29, 1.82) is 0 Å². The van der Waals surface area contributed by atoms with Gasteiger partial charge in [0.05, 0.1) is 6.61 Å². The summed E-state index contributed by atoms with van der Waals surface area (Å²) >= 11 is 1.87. The summed E-state index contributed by atoms with van der Waals surface area (Å²) in [7, 11) is 0. The molecule has 0 bridgehead atoms. The Hall–Kier alpha value is -2.02. The van der Waals surface area contributed by atoms with Crippen LogP contribution >= 0.6 is 11.8 Å². The molecule has 2 atom stereocenters. The fraction of sp³-hybridized carbons (Fsp3) is 0.480. The molecule has 1 fully saturated rings. The predicted molar refractivity (Wildman–Crippen MR) is 126 cm³/mol. The van der Waals surface area contributed by atoms with Crippen LogP contribution in [0.25, 0.3) is 0 Å². The molecule has 0 saturated carbocycles. The standard InChI is InChI=1S/C25H31N3O2S/c1-25(9-2-4-23-22(25)8-17-31-23)28-14-12-27(13-15-28)11-3-16-30-20-6-5-19-7-10-26-24(29)21(19)18-20/h2,4-6,8-9,17-18,22H,3,7,10-16H2,1H3,(H,26,29). The van der Waals surface area contributed by atoms with Gasteiger partial charge in [-0.2, -0.15) is 0 Å². The normalized spacial score (nSPS) is 28.1. The molecular weight excluding hydrogens is 406 g/mol. The first kappa shape index (κ1) is 20.9. The van der Waals surface area contributed by atoms with Crippen molar-refractivity contribution in [3.63, 3.8) is 0 Å². The zero-order valence-corrected chi connectivity index (χ0v) is 19.0. The van der Waals surface area contributed by atoms with Gasteiger partial charge in [-0.1, -0.05) is 30.4 Å². The minimum absolute atomic E-state index is 0.0142. The molecule has 5 nitrogen and oxygen atoms in total. The number of amides is 1. The Morgan fingerprint density at radius 2 is 2.13 bits per heavy atom. The largest absolute Gasteiger partial charge is 0.494 e. The van der Waals surface area contributed by atoms with Crippen molar-refractivity contribution in [2.24, 2.45) is 5.92 Å². The van der Waals surface area contributed by atoms with Crippen molar-refractivity contribution in [3.8, 4) is 5.75 Å². The average molecular weight is 438 g/mol. The highest BCUT2D eigenvalue weighted by Gasteiger charge is 2.42. The lowest BCUT2D eigenvalue weighted by Crippen LogP contribution is -2.58. The molecule has 1 aromatic carbocycles. The van der Waals surface area contributed by atoms with Gasteiger partial charge in [0.1, 0.15) is 5.75 Å². The van der Waals surface area contributed by atoms with E-state index < -0.39 is 0 Å². The van der Waals surface area contributed by atoms with Crippen molar-refractivity contribution < 1.29 is 9.53 Å². The number of carbonyl (C=O) groups excluding carboxylic acids is 1. The summed E-state index contributed by atoms with van der Waals surface area (Å²) in [5, 5.41) is 5.14.